The van der Waals surface area contributed by atoms with E-state index in [0.29, 0.717) is 35.9 Å². The molecule has 3 rings (SSSR count). The van der Waals surface area contributed by atoms with E-state index < -0.39 is 0 Å². The molecule has 0 radical (unpaired) electrons. The number of ether oxygens (including phenoxy) is 1. The van der Waals surface area contributed by atoms with Crippen molar-refractivity contribution in [3.05, 3.63) is 78.3 Å². The van der Waals surface area contributed by atoms with Crippen LogP contribution in [0.1, 0.15) is 55.1 Å². The first kappa shape index (κ1) is 24.9. The third-order valence-corrected chi connectivity index (χ3v) is 5.22. The van der Waals surface area contributed by atoms with Crippen LogP contribution < -0.4 is 20.7 Å². The molecule has 2 amide bonds. The number of rotatable bonds is 14. The van der Waals surface area contributed by atoms with Crippen molar-refractivity contribution in [1.29, 1.82) is 0 Å². The van der Waals surface area contributed by atoms with Crippen LogP contribution in [0.2, 0.25) is 0 Å². The van der Waals surface area contributed by atoms with Crippen molar-refractivity contribution < 1.29 is 18.7 Å². The Morgan fingerprint density at radius 1 is 0.912 bits per heavy atom. The number of amides is 2. The number of anilines is 2. The molecule has 0 saturated carbocycles. The minimum atomic E-state index is -0.216. The predicted octanol–water partition coefficient (Wildman–Crippen LogP) is 5.61. The highest BCUT2D eigenvalue weighted by atomic mass is 16.5. The highest BCUT2D eigenvalue weighted by molar-refractivity contribution is 5.96. The summed E-state index contributed by atoms with van der Waals surface area (Å²) in [5, 5.41) is 8.74. The molecule has 0 atom stereocenters. The maximum atomic E-state index is 12.4. The molecular weight excluding hydrogens is 430 g/mol. The molecule has 1 aromatic heterocycles. The van der Waals surface area contributed by atoms with Gasteiger partial charge >= 0.3 is 0 Å². The van der Waals surface area contributed by atoms with Crippen LogP contribution in [0.3, 0.4) is 0 Å². The highest BCUT2D eigenvalue weighted by Crippen LogP contribution is 2.18. The summed E-state index contributed by atoms with van der Waals surface area (Å²) >= 11 is 0. The topological polar surface area (TPSA) is 92.6 Å². The molecule has 3 N–H and O–H groups in total. The SMILES string of the molecule is CCCCCCCOc1cccc(NC(=O)CNc2cccc(C(=O)NCc3ccco3)c2)c1. The molecule has 2 aromatic carbocycles. The Morgan fingerprint density at radius 3 is 2.56 bits per heavy atom. The molecule has 0 aliphatic rings. The number of unbranched alkanes of at least 4 members (excludes halogenated alkanes) is 4. The van der Waals surface area contributed by atoms with Gasteiger partial charge in [0.1, 0.15) is 11.5 Å². The quantitative estimate of drug-likeness (QED) is 0.270. The smallest absolute Gasteiger partial charge is 0.251 e. The lowest BCUT2D eigenvalue weighted by Crippen LogP contribution is -2.23. The van der Waals surface area contributed by atoms with Crippen molar-refractivity contribution in [2.75, 3.05) is 23.8 Å². The van der Waals surface area contributed by atoms with Gasteiger partial charge in [0.25, 0.3) is 5.91 Å². The summed E-state index contributed by atoms with van der Waals surface area (Å²) in [6, 6.07) is 18.0. The van der Waals surface area contributed by atoms with Crippen LogP contribution >= 0.6 is 0 Å². The van der Waals surface area contributed by atoms with Crippen molar-refractivity contribution >= 4 is 23.2 Å². The van der Waals surface area contributed by atoms with E-state index in [1.165, 1.54) is 25.7 Å². The molecule has 0 bridgehead atoms. The van der Waals surface area contributed by atoms with Gasteiger partial charge in [0.2, 0.25) is 5.91 Å². The van der Waals surface area contributed by atoms with E-state index in [9.17, 15) is 9.59 Å². The average molecular weight is 464 g/mol. The minimum absolute atomic E-state index is 0.0694. The number of hydrogen-bond donors (Lipinski definition) is 3. The van der Waals surface area contributed by atoms with Gasteiger partial charge in [-0.25, -0.2) is 0 Å². The van der Waals surface area contributed by atoms with Gasteiger partial charge in [-0.15, -0.1) is 0 Å². The van der Waals surface area contributed by atoms with Crippen LogP contribution in [0.15, 0.2) is 71.3 Å². The molecule has 0 fully saturated rings. The fourth-order valence-electron chi connectivity index (χ4n) is 3.40. The monoisotopic (exact) mass is 463 g/mol. The van der Waals surface area contributed by atoms with Crippen molar-refractivity contribution in [3.63, 3.8) is 0 Å². The summed E-state index contributed by atoms with van der Waals surface area (Å²) in [7, 11) is 0. The molecule has 0 aliphatic heterocycles. The van der Waals surface area contributed by atoms with Crippen molar-refractivity contribution in [1.82, 2.24) is 5.32 Å². The van der Waals surface area contributed by atoms with Gasteiger partial charge in [0.15, 0.2) is 0 Å². The Bertz CT molecular complexity index is 1030. The first-order valence-electron chi connectivity index (χ1n) is 11.8. The predicted molar refractivity (Wildman–Crippen MR) is 134 cm³/mol. The third kappa shape index (κ3) is 8.65. The second kappa shape index (κ2) is 13.7. The lowest BCUT2D eigenvalue weighted by Gasteiger charge is -2.11. The summed E-state index contributed by atoms with van der Waals surface area (Å²) in [4.78, 5) is 24.8. The number of carbonyl (C=O) groups excluding carboxylic acids is 2. The molecule has 180 valence electrons. The number of nitrogens with one attached hydrogen (secondary N) is 3. The molecule has 7 heteroatoms. The molecule has 0 aliphatic carbocycles. The minimum Gasteiger partial charge on any atom is -0.494 e. The Balaban J connectivity index is 1.42. The van der Waals surface area contributed by atoms with E-state index in [0.717, 1.165) is 12.2 Å². The van der Waals surface area contributed by atoms with Crippen LogP contribution in [0, 0.1) is 0 Å². The van der Waals surface area contributed by atoms with Crippen LogP contribution in [0.25, 0.3) is 0 Å². The number of benzene rings is 2. The van der Waals surface area contributed by atoms with Gasteiger partial charge in [0, 0.05) is 23.0 Å². The largest absolute Gasteiger partial charge is 0.494 e. The Labute approximate surface area is 200 Å². The van der Waals surface area contributed by atoms with E-state index in [4.69, 9.17) is 9.15 Å². The zero-order chi connectivity index (χ0) is 24.0. The number of hydrogen-bond acceptors (Lipinski definition) is 5. The van der Waals surface area contributed by atoms with E-state index in [-0.39, 0.29) is 18.4 Å². The van der Waals surface area contributed by atoms with Crippen LogP contribution in [0.4, 0.5) is 11.4 Å². The maximum Gasteiger partial charge on any atom is 0.251 e. The second-order valence-electron chi connectivity index (χ2n) is 8.04. The number of furan rings is 1. The van der Waals surface area contributed by atoms with Gasteiger partial charge < -0.3 is 25.1 Å². The van der Waals surface area contributed by atoms with Crippen LogP contribution in [-0.2, 0) is 11.3 Å². The summed E-state index contributed by atoms with van der Waals surface area (Å²) in [5.41, 5.74) is 1.86. The highest BCUT2D eigenvalue weighted by Gasteiger charge is 2.08. The zero-order valence-electron chi connectivity index (χ0n) is 19.6. The van der Waals surface area contributed by atoms with Gasteiger partial charge in [-0.1, -0.05) is 44.7 Å². The van der Waals surface area contributed by atoms with Gasteiger partial charge in [0.05, 0.1) is 26.0 Å². The fourth-order valence-corrected chi connectivity index (χ4v) is 3.40. The first-order valence-corrected chi connectivity index (χ1v) is 11.8. The summed E-state index contributed by atoms with van der Waals surface area (Å²) in [6.07, 6.45) is 7.49. The van der Waals surface area contributed by atoms with Crippen molar-refractivity contribution in [2.24, 2.45) is 0 Å². The maximum absolute atomic E-state index is 12.4. The summed E-state index contributed by atoms with van der Waals surface area (Å²) in [6.45, 7) is 3.26. The van der Waals surface area contributed by atoms with E-state index in [1.54, 1.807) is 36.6 Å². The zero-order valence-corrected chi connectivity index (χ0v) is 19.6. The molecular formula is C27H33N3O4. The van der Waals surface area contributed by atoms with Crippen molar-refractivity contribution in [2.45, 2.75) is 45.6 Å². The molecule has 7 nitrogen and oxygen atoms in total. The molecule has 34 heavy (non-hydrogen) atoms. The molecule has 0 spiro atoms. The number of carbonyl (C=O) groups is 2. The lowest BCUT2D eigenvalue weighted by molar-refractivity contribution is -0.114. The Kier molecular flexibility index (Phi) is 10.1. The average Bonchev–Trinajstić information content (AvgIpc) is 3.38. The fraction of sp³-hybridized carbons (Fsp3) is 0.333. The lowest BCUT2D eigenvalue weighted by atomic mass is 10.2. The van der Waals surface area contributed by atoms with Crippen molar-refractivity contribution in [3.8, 4) is 5.75 Å². The molecule has 3 aromatic rings. The van der Waals surface area contributed by atoms with E-state index in [1.807, 2.05) is 30.3 Å². The van der Waals surface area contributed by atoms with Gasteiger partial charge in [-0.3, -0.25) is 9.59 Å². The molecule has 1 heterocycles. The van der Waals surface area contributed by atoms with Gasteiger partial charge in [-0.2, -0.15) is 0 Å². The molecule has 0 unspecified atom stereocenters. The van der Waals surface area contributed by atoms with Crippen LogP contribution in [-0.4, -0.2) is 25.0 Å². The summed E-state index contributed by atoms with van der Waals surface area (Å²) < 4.78 is 11.0. The van der Waals surface area contributed by atoms with Gasteiger partial charge in [-0.05, 0) is 48.9 Å². The Hall–Kier alpha value is -3.74. The first-order chi connectivity index (χ1) is 16.6. The summed E-state index contributed by atoms with van der Waals surface area (Å²) in [5.74, 6) is 1.02. The van der Waals surface area contributed by atoms with Crippen LogP contribution in [0.5, 0.6) is 5.75 Å². The second-order valence-corrected chi connectivity index (χ2v) is 8.04. The standard InChI is InChI=1S/C27H33N3O4/c1-2-3-4-5-6-15-33-24-13-8-12-23(18-24)30-26(31)20-28-22-11-7-10-21(17-22)27(32)29-19-25-14-9-16-34-25/h7-14,16-18,28H,2-6,15,19-20H2,1H3,(H,29,32)(H,30,31). The Morgan fingerprint density at radius 2 is 1.74 bits per heavy atom. The normalized spacial score (nSPS) is 10.5. The van der Waals surface area contributed by atoms with E-state index in [2.05, 4.69) is 22.9 Å². The van der Waals surface area contributed by atoms with E-state index >= 15 is 0 Å². The third-order valence-electron chi connectivity index (χ3n) is 5.22. The molecule has 0 saturated heterocycles.